The Hall–Kier alpha value is -4.14. The van der Waals surface area contributed by atoms with Gasteiger partial charge in [-0.3, -0.25) is 4.79 Å². The number of ether oxygens (including phenoxy) is 1. The molecule has 4 rings (SSSR count). The lowest BCUT2D eigenvalue weighted by molar-refractivity contribution is -0.114. The minimum Gasteiger partial charge on any atom is -0.507 e. The molecule has 1 aromatic heterocycles. The molecule has 1 fully saturated rings. The second kappa shape index (κ2) is 10.2. The van der Waals surface area contributed by atoms with Gasteiger partial charge in [0, 0.05) is 42.9 Å². The number of phenols is 1. The first-order valence-electron chi connectivity index (χ1n) is 11.1. The number of likely N-dealkylation sites (tertiary alicyclic amines) is 1. The molecule has 0 spiro atoms. The van der Waals surface area contributed by atoms with Crippen molar-refractivity contribution in [3.05, 3.63) is 65.9 Å². The number of rotatable bonds is 5. The second-order valence-corrected chi connectivity index (χ2v) is 8.25. The van der Waals surface area contributed by atoms with E-state index < -0.39 is 0 Å². The summed E-state index contributed by atoms with van der Waals surface area (Å²) in [5.74, 6) is -0.00728. The highest BCUT2D eigenvalue weighted by atomic mass is 16.6. The van der Waals surface area contributed by atoms with Crippen LogP contribution in [0.3, 0.4) is 0 Å². The number of hydrogen-bond acceptors (Lipinski definition) is 7. The maximum atomic E-state index is 12.5. The normalized spacial score (nSPS) is 14.0. The number of hydrogen-bond donors (Lipinski definition) is 3. The number of nitrogen functional groups attached to an aromatic ring is 1. The van der Waals surface area contributed by atoms with Gasteiger partial charge in [-0.15, -0.1) is 0 Å². The molecule has 34 heavy (non-hydrogen) atoms. The average molecular weight is 462 g/mol. The highest BCUT2D eigenvalue weighted by molar-refractivity contribution is 5.90. The fourth-order valence-electron chi connectivity index (χ4n) is 4.02. The van der Waals surface area contributed by atoms with E-state index in [2.05, 4.69) is 15.3 Å². The van der Waals surface area contributed by atoms with Crippen molar-refractivity contribution in [3.63, 3.8) is 0 Å². The van der Waals surface area contributed by atoms with Crippen molar-refractivity contribution in [1.29, 1.82) is 0 Å². The van der Waals surface area contributed by atoms with Gasteiger partial charge in [-0.1, -0.05) is 30.3 Å². The number of nitrogens with zero attached hydrogens (tertiary/aromatic N) is 3. The molecule has 0 radical (unpaired) electrons. The maximum Gasteiger partial charge on any atom is 0.410 e. The lowest BCUT2D eigenvalue weighted by Crippen LogP contribution is -2.38. The van der Waals surface area contributed by atoms with Gasteiger partial charge in [0.2, 0.25) is 11.9 Å². The average Bonchev–Trinajstić information content (AvgIpc) is 2.84. The van der Waals surface area contributed by atoms with Gasteiger partial charge in [0.15, 0.2) is 0 Å². The summed E-state index contributed by atoms with van der Waals surface area (Å²) in [5, 5.41) is 13.1. The Bertz CT molecular complexity index is 1180. The molecule has 2 heterocycles. The standard InChI is InChI=1S/C25H27N5O4/c1-16(31)27-19-7-8-23(32)20(13-19)22-14-21(28-24(26)29-22)18-9-11-30(12-10-18)25(33)34-15-17-5-3-2-4-6-17/h2-8,13-14,18,32H,9-12,15H2,1H3,(H,27,31)(H2,26,28,29). The highest BCUT2D eigenvalue weighted by Gasteiger charge is 2.26. The van der Waals surface area contributed by atoms with E-state index in [4.69, 9.17) is 10.5 Å². The van der Waals surface area contributed by atoms with Gasteiger partial charge in [0.05, 0.1) is 5.69 Å². The van der Waals surface area contributed by atoms with Crippen LogP contribution in [-0.2, 0) is 16.1 Å². The van der Waals surface area contributed by atoms with E-state index >= 15 is 0 Å². The fourth-order valence-corrected chi connectivity index (χ4v) is 4.02. The molecule has 1 aliphatic rings. The van der Waals surface area contributed by atoms with Gasteiger partial charge in [0.25, 0.3) is 0 Å². The number of nitrogens with one attached hydrogen (secondary N) is 1. The van der Waals surface area contributed by atoms with Crippen molar-refractivity contribution >= 4 is 23.6 Å². The van der Waals surface area contributed by atoms with E-state index in [9.17, 15) is 14.7 Å². The monoisotopic (exact) mass is 461 g/mol. The van der Waals surface area contributed by atoms with E-state index in [0.717, 1.165) is 11.3 Å². The number of aromatic hydroxyl groups is 1. The fraction of sp³-hybridized carbons (Fsp3) is 0.280. The minimum absolute atomic E-state index is 0.0223. The molecule has 2 amide bonds. The van der Waals surface area contributed by atoms with Crippen LogP contribution in [0.25, 0.3) is 11.3 Å². The first-order chi connectivity index (χ1) is 16.4. The number of nitrogens with two attached hydrogens (primary N) is 1. The maximum absolute atomic E-state index is 12.5. The van der Waals surface area contributed by atoms with Crippen LogP contribution in [0, 0.1) is 0 Å². The molecule has 0 unspecified atom stereocenters. The lowest BCUT2D eigenvalue weighted by Gasteiger charge is -2.31. The van der Waals surface area contributed by atoms with Crippen molar-refractivity contribution in [1.82, 2.24) is 14.9 Å². The third-order valence-electron chi connectivity index (χ3n) is 5.73. The Morgan fingerprint density at radius 2 is 1.85 bits per heavy atom. The Kier molecular flexibility index (Phi) is 6.91. The zero-order valence-corrected chi connectivity index (χ0v) is 18.9. The van der Waals surface area contributed by atoms with Gasteiger partial charge in [-0.05, 0) is 42.7 Å². The molecule has 3 aromatic rings. The molecular formula is C25H27N5O4. The topological polar surface area (TPSA) is 131 Å². The third kappa shape index (κ3) is 5.61. The first kappa shape index (κ1) is 23.0. The summed E-state index contributed by atoms with van der Waals surface area (Å²) in [6.07, 6.45) is 1.08. The number of carbonyl (C=O) groups is 2. The highest BCUT2D eigenvalue weighted by Crippen LogP contribution is 2.34. The summed E-state index contributed by atoms with van der Waals surface area (Å²) in [5.41, 5.74) is 9.14. The van der Waals surface area contributed by atoms with Gasteiger partial charge in [0.1, 0.15) is 12.4 Å². The van der Waals surface area contributed by atoms with Crippen LogP contribution in [0.5, 0.6) is 5.75 Å². The molecule has 2 aromatic carbocycles. The Balaban J connectivity index is 1.43. The predicted octanol–water partition coefficient (Wildman–Crippen LogP) is 3.91. The van der Waals surface area contributed by atoms with Gasteiger partial charge in [-0.2, -0.15) is 0 Å². The van der Waals surface area contributed by atoms with E-state index in [1.165, 1.54) is 13.0 Å². The minimum atomic E-state index is -0.329. The SMILES string of the molecule is CC(=O)Nc1ccc(O)c(-c2cc(C3CCN(C(=O)OCc4ccccc4)CC3)nc(N)n2)c1. The van der Waals surface area contributed by atoms with E-state index in [1.54, 1.807) is 23.1 Å². The Morgan fingerprint density at radius 3 is 2.56 bits per heavy atom. The second-order valence-electron chi connectivity index (χ2n) is 8.25. The summed E-state index contributed by atoms with van der Waals surface area (Å²) in [6.45, 7) is 2.74. The van der Waals surface area contributed by atoms with Crippen LogP contribution in [0.2, 0.25) is 0 Å². The Labute approximate surface area is 197 Å². The van der Waals surface area contributed by atoms with E-state index in [1.807, 2.05) is 30.3 Å². The van der Waals surface area contributed by atoms with Crippen molar-refractivity contribution in [3.8, 4) is 17.0 Å². The molecular weight excluding hydrogens is 434 g/mol. The number of benzene rings is 2. The number of anilines is 2. The molecule has 0 aliphatic carbocycles. The molecule has 1 saturated heterocycles. The van der Waals surface area contributed by atoms with E-state index in [0.29, 0.717) is 42.9 Å². The smallest absolute Gasteiger partial charge is 0.410 e. The molecule has 0 bridgehead atoms. The summed E-state index contributed by atoms with van der Waals surface area (Å²) in [4.78, 5) is 34.2. The van der Waals surface area contributed by atoms with Crippen molar-refractivity contribution in [2.45, 2.75) is 32.3 Å². The van der Waals surface area contributed by atoms with Crippen LogP contribution in [-0.4, -0.2) is 45.1 Å². The molecule has 4 N–H and O–H groups in total. The first-order valence-corrected chi connectivity index (χ1v) is 11.1. The van der Waals surface area contributed by atoms with Gasteiger partial charge >= 0.3 is 6.09 Å². The van der Waals surface area contributed by atoms with Crippen LogP contribution in [0.4, 0.5) is 16.4 Å². The molecule has 0 saturated carbocycles. The quantitative estimate of drug-likeness (QED) is 0.491. The van der Waals surface area contributed by atoms with E-state index in [-0.39, 0.29) is 36.2 Å². The van der Waals surface area contributed by atoms with Gasteiger partial charge in [-0.25, -0.2) is 14.8 Å². The van der Waals surface area contributed by atoms with Crippen molar-refractivity contribution in [2.75, 3.05) is 24.1 Å². The number of piperidine rings is 1. The zero-order valence-electron chi connectivity index (χ0n) is 18.9. The summed E-state index contributed by atoms with van der Waals surface area (Å²) in [7, 11) is 0. The Morgan fingerprint density at radius 1 is 1.12 bits per heavy atom. The van der Waals surface area contributed by atoms with Crippen LogP contribution in [0.1, 0.15) is 36.9 Å². The lowest BCUT2D eigenvalue weighted by atomic mass is 9.92. The van der Waals surface area contributed by atoms with Crippen molar-refractivity contribution < 1.29 is 19.4 Å². The predicted molar refractivity (Wildman–Crippen MR) is 128 cm³/mol. The van der Waals surface area contributed by atoms with Crippen LogP contribution in [0.15, 0.2) is 54.6 Å². The van der Waals surface area contributed by atoms with Crippen LogP contribution < -0.4 is 11.1 Å². The largest absolute Gasteiger partial charge is 0.507 e. The number of carbonyl (C=O) groups excluding carboxylic acids is 2. The summed E-state index contributed by atoms with van der Waals surface area (Å²) in [6, 6.07) is 16.1. The summed E-state index contributed by atoms with van der Waals surface area (Å²) < 4.78 is 5.44. The zero-order chi connectivity index (χ0) is 24.1. The number of aromatic nitrogens is 2. The third-order valence-corrected chi connectivity index (χ3v) is 5.73. The summed E-state index contributed by atoms with van der Waals surface area (Å²) >= 11 is 0. The molecule has 0 atom stereocenters. The number of amides is 2. The van der Waals surface area contributed by atoms with Gasteiger partial charge < -0.3 is 25.8 Å². The molecule has 1 aliphatic heterocycles. The van der Waals surface area contributed by atoms with Crippen molar-refractivity contribution in [2.24, 2.45) is 0 Å². The molecule has 176 valence electrons. The molecule has 9 nitrogen and oxygen atoms in total. The molecule has 9 heteroatoms. The van der Waals surface area contributed by atoms with Crippen LogP contribution >= 0.6 is 0 Å². The number of phenolic OH excluding ortho intramolecular Hbond substituents is 1.